The topological polar surface area (TPSA) is 20.3 Å². The molecular weight excluding hydrogens is 362 g/mol. The summed E-state index contributed by atoms with van der Waals surface area (Å²) in [5, 5.41) is 1.28. The average Bonchev–Trinajstić information content (AvgIpc) is 2.86. The Labute approximate surface area is 166 Å². The number of amides is 1. The Morgan fingerprint density at radius 2 is 1.69 bits per heavy atom. The van der Waals surface area contributed by atoms with Crippen LogP contribution in [-0.4, -0.2) is 29.6 Å². The van der Waals surface area contributed by atoms with Gasteiger partial charge in [-0.3, -0.25) is 4.79 Å². The average molecular weight is 390 g/mol. The number of rotatable bonds is 2. The predicted molar refractivity (Wildman–Crippen MR) is 108 cm³/mol. The van der Waals surface area contributed by atoms with Crippen LogP contribution < -0.4 is 0 Å². The van der Waals surface area contributed by atoms with Crippen molar-refractivity contribution < 1.29 is 4.79 Å². The minimum atomic E-state index is 0.00362. The molecule has 1 amide bonds. The molecule has 0 radical (unpaired) electrons. The van der Waals surface area contributed by atoms with Gasteiger partial charge in [0.25, 0.3) is 0 Å². The third kappa shape index (κ3) is 2.99. The van der Waals surface area contributed by atoms with E-state index in [1.807, 2.05) is 23.9 Å². The van der Waals surface area contributed by atoms with Crippen LogP contribution in [0.15, 0.2) is 24.3 Å². The van der Waals surface area contributed by atoms with Crippen LogP contribution in [0.25, 0.3) is 0 Å². The molecule has 0 spiro atoms. The third-order valence-electron chi connectivity index (χ3n) is 7.37. The van der Waals surface area contributed by atoms with Gasteiger partial charge in [0.2, 0.25) is 5.91 Å². The Morgan fingerprint density at radius 3 is 2.35 bits per heavy atom. The first kappa shape index (κ1) is 17.4. The molecule has 2 nitrogen and oxygen atoms in total. The molecule has 4 aliphatic carbocycles. The number of carbonyl (C=O) groups excluding carboxylic acids is 1. The van der Waals surface area contributed by atoms with Crippen molar-refractivity contribution in [3.63, 3.8) is 0 Å². The fourth-order valence-corrected chi connectivity index (χ4v) is 8.27. The Balaban J connectivity index is 1.31. The van der Waals surface area contributed by atoms with Gasteiger partial charge in [-0.05, 0) is 74.3 Å². The van der Waals surface area contributed by atoms with Crippen LogP contribution in [0.3, 0.4) is 0 Å². The van der Waals surface area contributed by atoms with Crippen LogP contribution in [-0.2, 0) is 4.79 Å². The maximum absolute atomic E-state index is 13.6. The van der Waals surface area contributed by atoms with Gasteiger partial charge in [-0.2, -0.15) is 11.8 Å². The molecule has 1 aromatic rings. The first-order chi connectivity index (χ1) is 12.6. The highest BCUT2D eigenvalue weighted by Crippen LogP contribution is 2.60. The normalized spacial score (nSPS) is 39.0. The second-order valence-electron chi connectivity index (χ2n) is 9.16. The number of hydrogen-bond donors (Lipinski definition) is 0. The lowest BCUT2D eigenvalue weighted by Crippen LogP contribution is -2.54. The van der Waals surface area contributed by atoms with Crippen molar-refractivity contribution in [2.75, 3.05) is 18.8 Å². The maximum atomic E-state index is 13.6. The summed E-state index contributed by atoms with van der Waals surface area (Å²) in [5.74, 6) is 4.03. The van der Waals surface area contributed by atoms with E-state index < -0.39 is 0 Å². The Kier molecular flexibility index (Phi) is 4.52. The SMILES string of the molecule is O=C(N1CCS[C@H](c2ccccc2Cl)CC1)C12CC3CC(CC(C3)C1)C2. The minimum absolute atomic E-state index is 0.00362. The van der Waals surface area contributed by atoms with E-state index in [4.69, 9.17) is 11.6 Å². The molecule has 26 heavy (non-hydrogen) atoms. The summed E-state index contributed by atoms with van der Waals surface area (Å²) >= 11 is 8.40. The number of thioether (sulfide) groups is 1. The van der Waals surface area contributed by atoms with Gasteiger partial charge in [0.05, 0.1) is 5.41 Å². The van der Waals surface area contributed by atoms with E-state index in [-0.39, 0.29) is 5.41 Å². The van der Waals surface area contributed by atoms with E-state index in [1.54, 1.807) is 0 Å². The first-order valence-electron chi connectivity index (χ1n) is 10.3. The summed E-state index contributed by atoms with van der Waals surface area (Å²) in [6, 6.07) is 8.21. The summed E-state index contributed by atoms with van der Waals surface area (Å²) in [5.41, 5.74) is 1.24. The molecule has 0 unspecified atom stereocenters. The van der Waals surface area contributed by atoms with Crippen LogP contribution in [0.2, 0.25) is 5.02 Å². The molecule has 1 atom stereocenters. The van der Waals surface area contributed by atoms with Crippen molar-refractivity contribution in [2.24, 2.45) is 23.2 Å². The number of nitrogens with zero attached hydrogens (tertiary/aromatic N) is 1. The van der Waals surface area contributed by atoms with Crippen LogP contribution in [0, 0.1) is 23.2 Å². The molecule has 1 saturated heterocycles. The lowest BCUT2D eigenvalue weighted by atomic mass is 9.49. The fourth-order valence-electron chi connectivity index (χ4n) is 6.67. The second-order valence-corrected chi connectivity index (χ2v) is 10.9. The predicted octanol–water partition coefficient (Wildman–Crippen LogP) is 5.56. The highest BCUT2D eigenvalue weighted by molar-refractivity contribution is 7.99. The maximum Gasteiger partial charge on any atom is 0.228 e. The van der Waals surface area contributed by atoms with Crippen LogP contribution >= 0.6 is 23.4 Å². The Hall–Kier alpha value is -0.670. The van der Waals surface area contributed by atoms with Crippen molar-refractivity contribution in [1.29, 1.82) is 0 Å². The largest absolute Gasteiger partial charge is 0.341 e. The van der Waals surface area contributed by atoms with Gasteiger partial charge in [-0.25, -0.2) is 0 Å². The molecule has 5 fully saturated rings. The van der Waals surface area contributed by atoms with Gasteiger partial charge in [0.1, 0.15) is 0 Å². The number of hydrogen-bond acceptors (Lipinski definition) is 2. The standard InChI is InChI=1S/C22H28ClNOS/c23-19-4-2-1-3-18(19)20-5-6-24(7-8-26-20)21(25)22-12-15-9-16(13-22)11-17(10-15)14-22/h1-4,15-17,20H,5-14H2/t15?,16?,17?,20-,22?/m0/s1. The summed E-state index contributed by atoms with van der Waals surface area (Å²) < 4.78 is 0. The lowest BCUT2D eigenvalue weighted by Gasteiger charge is -2.56. The minimum Gasteiger partial charge on any atom is -0.341 e. The van der Waals surface area contributed by atoms with E-state index in [1.165, 1.54) is 44.1 Å². The zero-order valence-electron chi connectivity index (χ0n) is 15.3. The molecule has 4 saturated carbocycles. The van der Waals surface area contributed by atoms with Crippen LogP contribution in [0.4, 0.5) is 0 Å². The van der Waals surface area contributed by atoms with Crippen molar-refractivity contribution in [3.05, 3.63) is 34.9 Å². The Bertz CT molecular complexity index is 670. The van der Waals surface area contributed by atoms with E-state index in [0.717, 1.165) is 48.0 Å². The summed E-state index contributed by atoms with van der Waals surface area (Å²) in [6.45, 7) is 1.80. The van der Waals surface area contributed by atoms with Gasteiger partial charge >= 0.3 is 0 Å². The summed E-state index contributed by atoms with van der Waals surface area (Å²) in [4.78, 5) is 15.8. The van der Waals surface area contributed by atoms with Crippen molar-refractivity contribution in [2.45, 2.75) is 50.2 Å². The van der Waals surface area contributed by atoms with Gasteiger partial charge in [0, 0.05) is 29.1 Å². The van der Waals surface area contributed by atoms with Crippen molar-refractivity contribution in [3.8, 4) is 0 Å². The highest BCUT2D eigenvalue weighted by Gasteiger charge is 2.55. The monoisotopic (exact) mass is 389 g/mol. The van der Waals surface area contributed by atoms with Crippen molar-refractivity contribution >= 4 is 29.3 Å². The molecule has 5 aliphatic rings. The van der Waals surface area contributed by atoms with Crippen LogP contribution in [0.1, 0.15) is 55.8 Å². The Morgan fingerprint density at radius 1 is 1.04 bits per heavy atom. The number of halogens is 1. The quantitative estimate of drug-likeness (QED) is 0.659. The highest BCUT2D eigenvalue weighted by atomic mass is 35.5. The van der Waals surface area contributed by atoms with E-state index >= 15 is 0 Å². The summed E-state index contributed by atoms with van der Waals surface area (Å²) in [6.07, 6.45) is 8.75. The molecule has 1 aliphatic heterocycles. The third-order valence-corrected chi connectivity index (χ3v) is 9.03. The van der Waals surface area contributed by atoms with E-state index in [0.29, 0.717) is 11.2 Å². The van der Waals surface area contributed by atoms with E-state index in [2.05, 4.69) is 17.0 Å². The molecule has 4 heteroatoms. The number of benzene rings is 1. The molecule has 6 rings (SSSR count). The molecule has 0 N–H and O–H groups in total. The second kappa shape index (κ2) is 6.74. The first-order valence-corrected chi connectivity index (χ1v) is 11.7. The van der Waals surface area contributed by atoms with Gasteiger partial charge < -0.3 is 4.90 Å². The molecule has 1 heterocycles. The van der Waals surface area contributed by atoms with E-state index in [9.17, 15) is 4.79 Å². The van der Waals surface area contributed by atoms with Gasteiger partial charge in [-0.1, -0.05) is 29.8 Å². The molecule has 0 aromatic heterocycles. The van der Waals surface area contributed by atoms with Crippen molar-refractivity contribution in [1.82, 2.24) is 4.90 Å². The smallest absolute Gasteiger partial charge is 0.228 e. The summed E-state index contributed by atoms with van der Waals surface area (Å²) in [7, 11) is 0. The van der Waals surface area contributed by atoms with Crippen LogP contribution in [0.5, 0.6) is 0 Å². The zero-order valence-corrected chi connectivity index (χ0v) is 16.9. The van der Waals surface area contributed by atoms with Gasteiger partial charge in [0.15, 0.2) is 0 Å². The zero-order chi connectivity index (χ0) is 17.7. The molecule has 140 valence electrons. The number of carbonyl (C=O) groups is 1. The molecule has 4 bridgehead atoms. The lowest BCUT2D eigenvalue weighted by molar-refractivity contribution is -0.157. The molecular formula is C22H28ClNOS. The fraction of sp³-hybridized carbons (Fsp3) is 0.682. The van der Waals surface area contributed by atoms with Gasteiger partial charge in [-0.15, -0.1) is 0 Å². The molecule has 1 aromatic carbocycles.